The van der Waals surface area contributed by atoms with E-state index < -0.39 is 0 Å². The van der Waals surface area contributed by atoms with Crippen molar-refractivity contribution in [1.82, 2.24) is 5.16 Å². The van der Waals surface area contributed by atoms with Gasteiger partial charge in [-0.15, -0.1) is 0 Å². The van der Waals surface area contributed by atoms with Gasteiger partial charge in [0.05, 0.1) is 5.56 Å². The molecular weight excluding hydrogens is 334 g/mol. The maximum atomic E-state index is 13.4. The zero-order valence-corrected chi connectivity index (χ0v) is 15.3. The van der Waals surface area contributed by atoms with E-state index >= 15 is 0 Å². The molecule has 0 unspecified atom stereocenters. The summed E-state index contributed by atoms with van der Waals surface area (Å²) in [5.41, 5.74) is 5.63. The Hall–Kier alpha value is -3.46. The lowest BCUT2D eigenvalue weighted by Gasteiger charge is -2.05. The third-order valence-electron chi connectivity index (χ3n) is 4.59. The Morgan fingerprint density at radius 2 is 1.33 bits per heavy atom. The van der Waals surface area contributed by atoms with E-state index in [1.165, 1.54) is 0 Å². The number of aromatic nitrogens is 1. The summed E-state index contributed by atoms with van der Waals surface area (Å²) in [5, 5.41) is 4.25. The summed E-state index contributed by atoms with van der Waals surface area (Å²) in [6.07, 6.45) is 0. The van der Waals surface area contributed by atoms with Crippen LogP contribution in [0.25, 0.3) is 22.6 Å². The summed E-state index contributed by atoms with van der Waals surface area (Å²) in [6.45, 7) is 4.03. The van der Waals surface area contributed by atoms with Crippen LogP contribution in [0.4, 0.5) is 0 Å². The summed E-state index contributed by atoms with van der Waals surface area (Å²) in [6, 6.07) is 25.1. The van der Waals surface area contributed by atoms with Gasteiger partial charge in [-0.2, -0.15) is 0 Å². The van der Waals surface area contributed by atoms with E-state index in [9.17, 15) is 4.79 Å². The molecule has 0 amide bonds. The van der Waals surface area contributed by atoms with E-state index in [0.717, 1.165) is 22.3 Å². The number of ketones is 1. The molecule has 0 saturated heterocycles. The van der Waals surface area contributed by atoms with Crippen LogP contribution in [-0.4, -0.2) is 10.9 Å². The average molecular weight is 353 g/mol. The van der Waals surface area contributed by atoms with Crippen molar-refractivity contribution in [3.05, 3.63) is 101 Å². The van der Waals surface area contributed by atoms with Crippen molar-refractivity contribution < 1.29 is 9.32 Å². The van der Waals surface area contributed by atoms with Gasteiger partial charge in [-0.05, 0) is 13.8 Å². The molecule has 0 atom stereocenters. The molecule has 0 saturated carbocycles. The minimum Gasteiger partial charge on any atom is -0.355 e. The Morgan fingerprint density at radius 3 is 1.96 bits per heavy atom. The van der Waals surface area contributed by atoms with E-state index in [1.807, 2.05) is 92.7 Å². The van der Waals surface area contributed by atoms with Crippen molar-refractivity contribution in [2.24, 2.45) is 0 Å². The summed E-state index contributed by atoms with van der Waals surface area (Å²) in [7, 11) is 0. The van der Waals surface area contributed by atoms with Gasteiger partial charge in [0.2, 0.25) is 0 Å². The maximum absolute atomic E-state index is 13.4. The van der Waals surface area contributed by atoms with Gasteiger partial charge in [0.25, 0.3) is 0 Å². The Labute approximate surface area is 158 Å². The Kier molecular flexibility index (Phi) is 4.43. The molecule has 27 heavy (non-hydrogen) atoms. The highest BCUT2D eigenvalue weighted by atomic mass is 16.5. The van der Waals surface area contributed by atoms with E-state index in [1.54, 1.807) is 0 Å². The predicted molar refractivity (Wildman–Crippen MR) is 107 cm³/mol. The molecule has 4 rings (SSSR count). The second-order valence-electron chi connectivity index (χ2n) is 6.66. The van der Waals surface area contributed by atoms with Crippen molar-refractivity contribution >= 4 is 5.78 Å². The first-order chi connectivity index (χ1) is 13.1. The predicted octanol–water partition coefficient (Wildman–Crippen LogP) is 5.86. The molecule has 0 aliphatic carbocycles. The van der Waals surface area contributed by atoms with Crippen LogP contribution in [-0.2, 0) is 0 Å². The molecule has 0 N–H and O–H groups in total. The fraction of sp³-hybridized carbons (Fsp3) is 0.0833. The fourth-order valence-corrected chi connectivity index (χ4v) is 3.05. The molecule has 0 fully saturated rings. The zero-order valence-electron chi connectivity index (χ0n) is 15.3. The van der Waals surface area contributed by atoms with Gasteiger partial charge < -0.3 is 4.52 Å². The number of nitrogens with zero attached hydrogens (tertiary/aromatic N) is 1. The molecule has 0 spiro atoms. The summed E-state index contributed by atoms with van der Waals surface area (Å²) in [5.74, 6) is 0.408. The van der Waals surface area contributed by atoms with Gasteiger partial charge in [0.1, 0.15) is 5.69 Å². The van der Waals surface area contributed by atoms with Crippen LogP contribution in [0.5, 0.6) is 0 Å². The Morgan fingerprint density at radius 1 is 0.741 bits per heavy atom. The largest absolute Gasteiger partial charge is 0.355 e. The van der Waals surface area contributed by atoms with Crippen LogP contribution in [0.3, 0.4) is 0 Å². The van der Waals surface area contributed by atoms with Gasteiger partial charge in [-0.3, -0.25) is 4.79 Å². The van der Waals surface area contributed by atoms with Gasteiger partial charge in [-0.25, -0.2) is 0 Å². The molecule has 1 heterocycles. The topological polar surface area (TPSA) is 43.1 Å². The number of benzene rings is 3. The third kappa shape index (κ3) is 3.32. The fourth-order valence-electron chi connectivity index (χ4n) is 3.05. The van der Waals surface area contributed by atoms with Crippen LogP contribution in [0.15, 0.2) is 83.4 Å². The van der Waals surface area contributed by atoms with Crippen molar-refractivity contribution in [2.75, 3.05) is 0 Å². The number of rotatable bonds is 4. The molecule has 0 bridgehead atoms. The highest BCUT2D eigenvalue weighted by Gasteiger charge is 2.25. The normalized spacial score (nSPS) is 10.7. The molecule has 3 aromatic carbocycles. The van der Waals surface area contributed by atoms with Crippen molar-refractivity contribution in [3.63, 3.8) is 0 Å². The van der Waals surface area contributed by atoms with Gasteiger partial charge >= 0.3 is 0 Å². The maximum Gasteiger partial charge on any atom is 0.199 e. The molecule has 3 heteroatoms. The summed E-state index contributed by atoms with van der Waals surface area (Å²) >= 11 is 0. The lowest BCUT2D eigenvalue weighted by molar-refractivity contribution is 0.103. The van der Waals surface area contributed by atoms with E-state index in [2.05, 4.69) is 5.16 Å². The zero-order chi connectivity index (χ0) is 18.8. The molecule has 4 aromatic rings. The van der Waals surface area contributed by atoms with Gasteiger partial charge in [0.15, 0.2) is 11.5 Å². The van der Waals surface area contributed by atoms with Crippen molar-refractivity contribution in [3.8, 4) is 22.6 Å². The lowest BCUT2D eigenvalue weighted by atomic mass is 9.95. The number of aryl methyl sites for hydroxylation is 2. The highest BCUT2D eigenvalue weighted by Crippen LogP contribution is 2.34. The highest BCUT2D eigenvalue weighted by molar-refractivity contribution is 6.15. The second-order valence-corrected chi connectivity index (χ2v) is 6.66. The number of carbonyl (C=O) groups excluding carboxylic acids is 1. The standard InChI is InChI=1S/C24H19NO2/c1-16-8-12-19(13-9-16)23(26)21-22(18-6-4-3-5-7-18)25-27-24(21)20-14-10-17(2)11-15-20/h3-15H,1-2H3. The minimum atomic E-state index is -0.0920. The monoisotopic (exact) mass is 353 g/mol. The van der Waals surface area contributed by atoms with E-state index in [4.69, 9.17) is 4.52 Å². The summed E-state index contributed by atoms with van der Waals surface area (Å²) in [4.78, 5) is 13.4. The average Bonchev–Trinajstić information content (AvgIpc) is 3.14. The molecule has 1 aromatic heterocycles. The SMILES string of the molecule is Cc1ccc(C(=O)c2c(-c3ccccc3)noc2-c2ccc(C)cc2)cc1. The van der Waals surface area contributed by atoms with Crippen molar-refractivity contribution in [1.29, 1.82) is 0 Å². The molecule has 0 aliphatic heterocycles. The minimum absolute atomic E-state index is 0.0920. The van der Waals surface area contributed by atoms with Gasteiger partial charge in [0, 0.05) is 16.7 Å². The van der Waals surface area contributed by atoms with Crippen LogP contribution in [0, 0.1) is 13.8 Å². The van der Waals surface area contributed by atoms with E-state index in [-0.39, 0.29) is 5.78 Å². The van der Waals surface area contributed by atoms with Crippen LogP contribution in [0.2, 0.25) is 0 Å². The molecule has 0 aliphatic rings. The lowest BCUT2D eigenvalue weighted by Crippen LogP contribution is -2.04. The van der Waals surface area contributed by atoms with Crippen LogP contribution in [0.1, 0.15) is 27.0 Å². The second kappa shape index (κ2) is 7.04. The Balaban J connectivity index is 1.90. The first-order valence-electron chi connectivity index (χ1n) is 8.87. The quantitative estimate of drug-likeness (QED) is 0.432. The molecule has 3 nitrogen and oxygen atoms in total. The first-order valence-corrected chi connectivity index (χ1v) is 8.87. The molecule has 0 radical (unpaired) electrons. The van der Waals surface area contributed by atoms with E-state index in [0.29, 0.717) is 22.6 Å². The number of hydrogen-bond acceptors (Lipinski definition) is 3. The van der Waals surface area contributed by atoms with Crippen LogP contribution >= 0.6 is 0 Å². The molecular formula is C24H19NO2. The number of hydrogen-bond donors (Lipinski definition) is 0. The van der Waals surface area contributed by atoms with Crippen LogP contribution < -0.4 is 0 Å². The molecule has 132 valence electrons. The van der Waals surface area contributed by atoms with Crippen molar-refractivity contribution in [2.45, 2.75) is 13.8 Å². The summed E-state index contributed by atoms with van der Waals surface area (Å²) < 4.78 is 5.67. The first kappa shape index (κ1) is 17.0. The smallest absolute Gasteiger partial charge is 0.199 e. The van der Waals surface area contributed by atoms with Gasteiger partial charge in [-0.1, -0.05) is 95.1 Å². The Bertz CT molecular complexity index is 1080. The third-order valence-corrected chi connectivity index (χ3v) is 4.59. The number of carbonyl (C=O) groups is 1.